The summed E-state index contributed by atoms with van der Waals surface area (Å²) in [5.74, 6) is 1.60. The van der Waals surface area contributed by atoms with E-state index >= 15 is 0 Å². The van der Waals surface area contributed by atoms with Crippen LogP contribution < -0.4 is 10.6 Å². The van der Waals surface area contributed by atoms with Crippen LogP contribution in [-0.2, 0) is 4.79 Å². The molecule has 4 nitrogen and oxygen atoms in total. The number of nitrogens with zero attached hydrogens (tertiary/aromatic N) is 1. The zero-order valence-electron chi connectivity index (χ0n) is 13.0. The molecule has 1 spiro atoms. The van der Waals surface area contributed by atoms with Crippen molar-refractivity contribution >= 4 is 11.9 Å². The van der Waals surface area contributed by atoms with Crippen LogP contribution in [0.1, 0.15) is 65.7 Å². The number of rotatable bonds is 3. The van der Waals surface area contributed by atoms with Gasteiger partial charge in [-0.2, -0.15) is 0 Å². The van der Waals surface area contributed by atoms with E-state index in [1.165, 1.54) is 19.3 Å². The van der Waals surface area contributed by atoms with Gasteiger partial charge in [0, 0.05) is 0 Å². The van der Waals surface area contributed by atoms with Crippen LogP contribution in [0.25, 0.3) is 0 Å². The molecule has 4 heteroatoms. The van der Waals surface area contributed by atoms with Crippen LogP contribution in [-0.4, -0.2) is 23.4 Å². The van der Waals surface area contributed by atoms with Gasteiger partial charge in [0.05, 0.1) is 6.04 Å². The summed E-state index contributed by atoms with van der Waals surface area (Å²) in [5, 5.41) is 6.36. The van der Waals surface area contributed by atoms with Crippen molar-refractivity contribution < 1.29 is 4.79 Å². The molecule has 20 heavy (non-hydrogen) atoms. The van der Waals surface area contributed by atoms with Gasteiger partial charge in [-0.3, -0.25) is 10.1 Å². The van der Waals surface area contributed by atoms with Crippen molar-refractivity contribution in [3.63, 3.8) is 0 Å². The predicted octanol–water partition coefficient (Wildman–Crippen LogP) is 2.59. The van der Waals surface area contributed by atoms with Gasteiger partial charge in [-0.1, -0.05) is 27.2 Å². The second kappa shape index (κ2) is 4.74. The van der Waals surface area contributed by atoms with Gasteiger partial charge >= 0.3 is 0 Å². The second-order valence-corrected chi connectivity index (χ2v) is 7.49. The summed E-state index contributed by atoms with van der Waals surface area (Å²) in [7, 11) is 0. The summed E-state index contributed by atoms with van der Waals surface area (Å²) in [4.78, 5) is 16.9. The first-order valence-electron chi connectivity index (χ1n) is 8.13. The van der Waals surface area contributed by atoms with Crippen LogP contribution in [0, 0.1) is 11.3 Å². The highest BCUT2D eigenvalue weighted by Crippen LogP contribution is 2.44. The van der Waals surface area contributed by atoms with E-state index in [0.717, 1.165) is 37.6 Å². The van der Waals surface area contributed by atoms with Crippen molar-refractivity contribution in [2.75, 3.05) is 0 Å². The molecule has 1 heterocycles. The predicted molar refractivity (Wildman–Crippen MR) is 80.5 cm³/mol. The van der Waals surface area contributed by atoms with Gasteiger partial charge in [0.2, 0.25) is 0 Å². The molecule has 2 aliphatic carbocycles. The molecular formula is C16H27N3O. The number of carbonyl (C=O) groups is 1. The fourth-order valence-electron chi connectivity index (χ4n) is 3.53. The molecule has 0 bridgehead atoms. The lowest BCUT2D eigenvalue weighted by molar-refractivity contribution is -0.125. The highest BCUT2D eigenvalue weighted by atomic mass is 16.2. The lowest BCUT2D eigenvalue weighted by Gasteiger charge is -2.42. The Morgan fingerprint density at radius 3 is 2.45 bits per heavy atom. The first-order chi connectivity index (χ1) is 9.45. The van der Waals surface area contributed by atoms with Gasteiger partial charge in [0.1, 0.15) is 5.54 Å². The van der Waals surface area contributed by atoms with Crippen molar-refractivity contribution in [2.45, 2.75) is 77.3 Å². The Balaban J connectivity index is 1.66. The summed E-state index contributed by atoms with van der Waals surface area (Å²) in [6, 6.07) is 0.448. The Kier molecular flexibility index (Phi) is 3.30. The number of nitrogens with one attached hydrogen (secondary N) is 2. The summed E-state index contributed by atoms with van der Waals surface area (Å²) < 4.78 is 0. The molecule has 1 saturated heterocycles. The summed E-state index contributed by atoms with van der Waals surface area (Å²) in [5.41, 5.74) is 0.0235. The minimum atomic E-state index is -0.367. The average Bonchev–Trinajstić information content (AvgIpc) is 3.17. The minimum Gasteiger partial charge on any atom is -0.342 e. The zero-order valence-corrected chi connectivity index (χ0v) is 13.0. The lowest BCUT2D eigenvalue weighted by Crippen LogP contribution is -2.50. The van der Waals surface area contributed by atoms with E-state index in [1.807, 2.05) is 0 Å². The van der Waals surface area contributed by atoms with Crippen LogP contribution in [0.4, 0.5) is 0 Å². The third kappa shape index (κ3) is 2.45. The van der Waals surface area contributed by atoms with E-state index in [1.54, 1.807) is 0 Å². The van der Waals surface area contributed by atoms with Gasteiger partial charge < -0.3 is 5.32 Å². The first-order valence-corrected chi connectivity index (χ1v) is 8.13. The molecule has 2 saturated carbocycles. The second-order valence-electron chi connectivity index (χ2n) is 7.49. The Bertz CT molecular complexity index is 429. The Morgan fingerprint density at radius 2 is 1.90 bits per heavy atom. The van der Waals surface area contributed by atoms with Gasteiger partial charge in [-0.15, -0.1) is 0 Å². The van der Waals surface area contributed by atoms with Crippen molar-refractivity contribution in [3.8, 4) is 0 Å². The molecule has 2 N–H and O–H groups in total. The molecule has 1 amide bonds. The van der Waals surface area contributed by atoms with Gasteiger partial charge in [0.15, 0.2) is 5.96 Å². The van der Waals surface area contributed by atoms with E-state index in [2.05, 4.69) is 36.4 Å². The molecular weight excluding hydrogens is 250 g/mol. The van der Waals surface area contributed by atoms with Crippen LogP contribution in [0.5, 0.6) is 0 Å². The fraction of sp³-hybridized carbons (Fsp3) is 0.875. The Labute approximate surface area is 121 Å². The van der Waals surface area contributed by atoms with E-state index in [4.69, 9.17) is 0 Å². The van der Waals surface area contributed by atoms with Crippen LogP contribution in [0.15, 0.2) is 4.99 Å². The standard InChI is InChI=1S/C16H27N3O/c1-4-15(2,3)11-7-9-16(10-8-11)13(20)18-14(19-16)17-12-5-6-12/h11-12H,4-10H2,1-3H3,(H2,17,18,19,20). The molecule has 3 aliphatic rings. The van der Waals surface area contributed by atoms with Crippen LogP contribution in [0.3, 0.4) is 0 Å². The maximum Gasteiger partial charge on any atom is 0.252 e. The lowest BCUT2D eigenvalue weighted by atomic mass is 9.65. The van der Waals surface area contributed by atoms with E-state index in [-0.39, 0.29) is 11.4 Å². The minimum absolute atomic E-state index is 0.143. The summed E-state index contributed by atoms with van der Waals surface area (Å²) >= 11 is 0. The van der Waals surface area contributed by atoms with Gasteiger partial charge in [-0.25, -0.2) is 4.99 Å². The normalized spacial score (nSPS) is 36.2. The number of carbonyl (C=O) groups excluding carboxylic acids is 1. The number of amides is 1. The fourth-order valence-corrected chi connectivity index (χ4v) is 3.53. The van der Waals surface area contributed by atoms with Crippen LogP contribution in [0.2, 0.25) is 0 Å². The number of hydrogen-bond donors (Lipinski definition) is 2. The monoisotopic (exact) mass is 277 g/mol. The molecule has 0 radical (unpaired) electrons. The van der Waals surface area contributed by atoms with Crippen LogP contribution >= 0.6 is 0 Å². The molecule has 0 aromatic heterocycles. The largest absolute Gasteiger partial charge is 0.342 e. The number of hydrogen-bond acceptors (Lipinski definition) is 2. The third-order valence-corrected chi connectivity index (χ3v) is 5.74. The quantitative estimate of drug-likeness (QED) is 0.833. The number of aliphatic imine (C=N–C) groups is 1. The highest BCUT2D eigenvalue weighted by molar-refractivity contribution is 6.09. The van der Waals surface area contributed by atoms with Crippen molar-refractivity contribution in [1.82, 2.24) is 10.6 Å². The van der Waals surface area contributed by atoms with E-state index in [0.29, 0.717) is 11.5 Å². The highest BCUT2D eigenvalue weighted by Gasteiger charge is 2.49. The third-order valence-electron chi connectivity index (χ3n) is 5.74. The van der Waals surface area contributed by atoms with Crippen molar-refractivity contribution in [2.24, 2.45) is 16.3 Å². The maximum atomic E-state index is 12.3. The van der Waals surface area contributed by atoms with Crippen molar-refractivity contribution in [1.29, 1.82) is 0 Å². The topological polar surface area (TPSA) is 53.5 Å². The zero-order chi connectivity index (χ0) is 14.4. The maximum absolute atomic E-state index is 12.3. The van der Waals surface area contributed by atoms with E-state index < -0.39 is 0 Å². The summed E-state index contributed by atoms with van der Waals surface area (Å²) in [6.45, 7) is 6.99. The molecule has 0 unspecified atom stereocenters. The molecule has 3 rings (SSSR count). The molecule has 112 valence electrons. The molecule has 1 aliphatic heterocycles. The molecule has 0 atom stereocenters. The SMILES string of the molecule is CCC(C)(C)C1CCC2(CC1)NC(=NC1CC1)NC2=O. The first kappa shape index (κ1) is 13.9. The average molecular weight is 277 g/mol. The Hall–Kier alpha value is -1.06. The Morgan fingerprint density at radius 1 is 1.25 bits per heavy atom. The van der Waals surface area contributed by atoms with E-state index in [9.17, 15) is 4.79 Å². The molecule has 0 aromatic carbocycles. The summed E-state index contributed by atoms with van der Waals surface area (Å²) in [6.07, 6.45) is 7.70. The molecule has 3 fully saturated rings. The van der Waals surface area contributed by atoms with Gasteiger partial charge in [0.25, 0.3) is 5.91 Å². The smallest absolute Gasteiger partial charge is 0.252 e. The van der Waals surface area contributed by atoms with Crippen molar-refractivity contribution in [3.05, 3.63) is 0 Å². The number of guanidine groups is 1. The van der Waals surface area contributed by atoms with Gasteiger partial charge in [-0.05, 0) is 49.9 Å². The molecule has 0 aromatic rings.